The van der Waals surface area contributed by atoms with E-state index in [1.807, 2.05) is 30.3 Å². The fourth-order valence-electron chi connectivity index (χ4n) is 2.66. The molecule has 0 atom stereocenters. The number of carbonyl (C=O) groups excluding carboxylic acids is 1. The summed E-state index contributed by atoms with van der Waals surface area (Å²) in [6.07, 6.45) is 1.62. The van der Waals surface area contributed by atoms with Gasteiger partial charge in [0.25, 0.3) is 5.91 Å². The fraction of sp³-hybridized carbons (Fsp3) is 0.158. The Kier molecular flexibility index (Phi) is 4.59. The molecule has 2 aromatic carbocycles. The second-order valence-corrected chi connectivity index (χ2v) is 8.47. The molecular formula is C19H16ClN3O3S. The lowest BCUT2D eigenvalue weighted by atomic mass is 10.2. The molecule has 1 amide bonds. The third-order valence-corrected chi connectivity index (χ3v) is 6.22. The number of amides is 1. The van der Waals surface area contributed by atoms with Crippen LogP contribution in [0.4, 0.5) is 5.82 Å². The van der Waals surface area contributed by atoms with Crippen molar-refractivity contribution in [1.29, 1.82) is 0 Å². The summed E-state index contributed by atoms with van der Waals surface area (Å²) in [6.45, 7) is 0. The summed E-state index contributed by atoms with van der Waals surface area (Å²) < 4.78 is 27.5. The van der Waals surface area contributed by atoms with E-state index in [1.54, 1.807) is 6.07 Å². The van der Waals surface area contributed by atoms with Crippen molar-refractivity contribution in [2.24, 2.45) is 0 Å². The Morgan fingerprint density at radius 2 is 1.85 bits per heavy atom. The second kappa shape index (κ2) is 6.92. The zero-order valence-electron chi connectivity index (χ0n) is 14.1. The number of hydrogen-bond acceptors (Lipinski definition) is 4. The van der Waals surface area contributed by atoms with Crippen molar-refractivity contribution in [2.75, 3.05) is 5.32 Å². The zero-order valence-corrected chi connectivity index (χ0v) is 15.7. The second-order valence-electron chi connectivity index (χ2n) is 6.38. The monoisotopic (exact) mass is 401 g/mol. The molecule has 0 radical (unpaired) electrons. The van der Waals surface area contributed by atoms with Crippen molar-refractivity contribution in [2.45, 2.75) is 23.8 Å². The van der Waals surface area contributed by atoms with Crippen LogP contribution in [-0.2, 0) is 10.0 Å². The standard InChI is InChI=1S/C19H16ClN3O3S/c20-15-9-5-13(11-17(15)27(25,26)23-14-7-8-14)19(24)22-18-10-6-12-3-1-2-4-16(12)21-18/h1-6,9-11,14,23H,7-8H2,(H,21,22,24). The minimum atomic E-state index is -3.76. The number of aromatic nitrogens is 1. The Labute approximate surface area is 161 Å². The largest absolute Gasteiger partial charge is 0.307 e. The summed E-state index contributed by atoms with van der Waals surface area (Å²) in [6, 6.07) is 15.2. The van der Waals surface area contributed by atoms with Gasteiger partial charge in [0, 0.05) is 17.0 Å². The Balaban J connectivity index is 1.60. The number of rotatable bonds is 5. The highest BCUT2D eigenvalue weighted by Crippen LogP contribution is 2.27. The number of carbonyl (C=O) groups is 1. The Morgan fingerprint density at radius 3 is 2.63 bits per heavy atom. The smallest absolute Gasteiger partial charge is 0.256 e. The first-order valence-corrected chi connectivity index (χ1v) is 10.3. The Hall–Kier alpha value is -2.48. The number of halogens is 1. The molecule has 1 saturated carbocycles. The summed E-state index contributed by atoms with van der Waals surface area (Å²) >= 11 is 6.05. The fourth-order valence-corrected chi connectivity index (χ4v) is 4.49. The summed E-state index contributed by atoms with van der Waals surface area (Å²) in [5, 5.41) is 3.73. The van der Waals surface area contributed by atoms with Gasteiger partial charge in [-0.1, -0.05) is 29.8 Å². The van der Waals surface area contributed by atoms with Gasteiger partial charge in [-0.05, 0) is 49.2 Å². The molecule has 0 unspecified atom stereocenters. The minimum Gasteiger partial charge on any atom is -0.307 e. The summed E-state index contributed by atoms with van der Waals surface area (Å²) in [5.41, 5.74) is 0.939. The third-order valence-electron chi connectivity index (χ3n) is 4.22. The molecule has 2 N–H and O–H groups in total. The predicted molar refractivity (Wildman–Crippen MR) is 104 cm³/mol. The van der Waals surface area contributed by atoms with Crippen LogP contribution in [0.15, 0.2) is 59.5 Å². The minimum absolute atomic E-state index is 0.0506. The van der Waals surface area contributed by atoms with Crippen LogP contribution in [0.25, 0.3) is 10.9 Å². The SMILES string of the molecule is O=C(Nc1ccc2ccccc2n1)c1ccc(Cl)c(S(=O)(=O)NC2CC2)c1. The molecule has 4 rings (SSSR count). The molecule has 6 nitrogen and oxygen atoms in total. The molecule has 1 aliphatic rings. The maximum absolute atomic E-state index is 12.6. The van der Waals surface area contributed by atoms with Crippen LogP contribution >= 0.6 is 11.6 Å². The predicted octanol–water partition coefficient (Wildman–Crippen LogP) is 3.58. The van der Waals surface area contributed by atoms with Crippen molar-refractivity contribution < 1.29 is 13.2 Å². The summed E-state index contributed by atoms with van der Waals surface area (Å²) in [4.78, 5) is 16.9. The van der Waals surface area contributed by atoms with Crippen molar-refractivity contribution in [3.63, 3.8) is 0 Å². The van der Waals surface area contributed by atoms with Crippen molar-refractivity contribution in [1.82, 2.24) is 9.71 Å². The number of para-hydroxylation sites is 1. The molecule has 0 saturated heterocycles. The molecule has 1 aliphatic carbocycles. The van der Waals surface area contributed by atoms with Gasteiger partial charge in [0.05, 0.1) is 10.5 Å². The van der Waals surface area contributed by atoms with Crippen molar-refractivity contribution in [3.05, 3.63) is 65.2 Å². The maximum atomic E-state index is 12.6. The lowest BCUT2D eigenvalue weighted by Crippen LogP contribution is -2.26. The molecular weight excluding hydrogens is 386 g/mol. The van der Waals surface area contributed by atoms with Gasteiger partial charge in [-0.2, -0.15) is 0 Å². The van der Waals surface area contributed by atoms with Crippen LogP contribution < -0.4 is 10.0 Å². The van der Waals surface area contributed by atoms with Crippen LogP contribution in [0.1, 0.15) is 23.2 Å². The van der Waals surface area contributed by atoms with Gasteiger partial charge < -0.3 is 5.32 Å². The van der Waals surface area contributed by atoms with Gasteiger partial charge >= 0.3 is 0 Å². The number of nitrogens with zero attached hydrogens (tertiary/aromatic N) is 1. The van der Waals surface area contributed by atoms with Gasteiger partial charge in [0.1, 0.15) is 10.7 Å². The molecule has 8 heteroatoms. The van der Waals surface area contributed by atoms with Crippen LogP contribution in [0.3, 0.4) is 0 Å². The highest BCUT2D eigenvalue weighted by atomic mass is 35.5. The van der Waals surface area contributed by atoms with Gasteiger partial charge in [0.15, 0.2) is 0 Å². The van der Waals surface area contributed by atoms with Gasteiger partial charge in [-0.15, -0.1) is 0 Å². The van der Waals surface area contributed by atoms with Gasteiger partial charge in [-0.25, -0.2) is 18.1 Å². The molecule has 138 valence electrons. The normalized spacial score (nSPS) is 14.3. The lowest BCUT2D eigenvalue weighted by Gasteiger charge is -2.10. The molecule has 0 aliphatic heterocycles. The first-order chi connectivity index (χ1) is 12.9. The summed E-state index contributed by atoms with van der Waals surface area (Å²) in [7, 11) is -3.76. The van der Waals surface area contributed by atoms with E-state index in [-0.39, 0.29) is 21.5 Å². The van der Waals surface area contributed by atoms with E-state index in [1.165, 1.54) is 18.2 Å². The lowest BCUT2D eigenvalue weighted by molar-refractivity contribution is 0.102. The molecule has 3 aromatic rings. The average molecular weight is 402 g/mol. The topological polar surface area (TPSA) is 88.2 Å². The third kappa shape index (κ3) is 3.95. The molecule has 1 heterocycles. The molecule has 1 aromatic heterocycles. The van der Waals surface area contributed by atoms with E-state index in [4.69, 9.17) is 11.6 Å². The van der Waals surface area contributed by atoms with Crippen LogP contribution in [0, 0.1) is 0 Å². The summed E-state index contributed by atoms with van der Waals surface area (Å²) in [5.74, 6) is -0.0773. The molecule has 0 bridgehead atoms. The number of hydrogen-bond donors (Lipinski definition) is 2. The van der Waals surface area contributed by atoms with Gasteiger partial charge in [-0.3, -0.25) is 4.79 Å². The highest BCUT2D eigenvalue weighted by Gasteiger charge is 2.29. The number of anilines is 1. The van der Waals surface area contributed by atoms with E-state index in [0.29, 0.717) is 5.82 Å². The maximum Gasteiger partial charge on any atom is 0.256 e. The van der Waals surface area contributed by atoms with Crippen molar-refractivity contribution >= 4 is 44.3 Å². The first-order valence-electron chi connectivity index (χ1n) is 8.41. The van der Waals surface area contributed by atoms with E-state index in [0.717, 1.165) is 23.7 Å². The van der Waals surface area contributed by atoms with Crippen LogP contribution in [-0.4, -0.2) is 25.4 Å². The number of sulfonamides is 1. The van der Waals surface area contributed by atoms with Gasteiger partial charge in [0.2, 0.25) is 10.0 Å². The average Bonchev–Trinajstić information content (AvgIpc) is 3.45. The number of pyridine rings is 1. The van der Waals surface area contributed by atoms with Crippen LogP contribution in [0.2, 0.25) is 5.02 Å². The van der Waals surface area contributed by atoms with E-state index in [9.17, 15) is 13.2 Å². The first kappa shape index (κ1) is 17.9. The molecule has 0 spiro atoms. The molecule has 27 heavy (non-hydrogen) atoms. The number of benzene rings is 2. The van der Waals surface area contributed by atoms with E-state index < -0.39 is 15.9 Å². The quantitative estimate of drug-likeness (QED) is 0.683. The molecule has 1 fully saturated rings. The van der Waals surface area contributed by atoms with Crippen molar-refractivity contribution in [3.8, 4) is 0 Å². The Bertz CT molecular complexity index is 1140. The highest BCUT2D eigenvalue weighted by molar-refractivity contribution is 7.89. The number of nitrogens with one attached hydrogen (secondary N) is 2. The zero-order chi connectivity index (χ0) is 19.0. The van der Waals surface area contributed by atoms with E-state index >= 15 is 0 Å². The van der Waals surface area contributed by atoms with Crippen LogP contribution in [0.5, 0.6) is 0 Å². The number of fused-ring (bicyclic) bond motifs is 1. The van der Waals surface area contributed by atoms with E-state index in [2.05, 4.69) is 15.0 Å². The Morgan fingerprint density at radius 1 is 1.07 bits per heavy atom.